The van der Waals surface area contributed by atoms with Crippen molar-refractivity contribution in [2.24, 2.45) is 5.14 Å². The summed E-state index contributed by atoms with van der Waals surface area (Å²) in [5.41, 5.74) is 0. The highest BCUT2D eigenvalue weighted by Crippen LogP contribution is 1.78. The van der Waals surface area contributed by atoms with Gasteiger partial charge in [0.05, 0.1) is 5.75 Å². The molecule has 0 saturated heterocycles. The molecule has 0 heterocycles. The number of sulfonamides is 1. The number of nitrogens with two attached hydrogens (primary N) is 1. The van der Waals surface area contributed by atoms with Gasteiger partial charge in [0, 0.05) is 12.6 Å². The van der Waals surface area contributed by atoms with Crippen molar-refractivity contribution in [3.8, 4) is 0 Å². The second-order valence-electron chi connectivity index (χ2n) is 2.92. The lowest BCUT2D eigenvalue weighted by atomic mass is 10.4. The SMILES string of the molecule is CC(C)NC(=S)NCCS(N)(=O)=O. The van der Waals surface area contributed by atoms with Crippen LogP contribution < -0.4 is 15.8 Å². The molecular formula is C6H15N3O2S2. The van der Waals surface area contributed by atoms with Crippen molar-refractivity contribution in [1.82, 2.24) is 10.6 Å². The molecule has 0 unspecified atom stereocenters. The molecule has 0 spiro atoms. The molecule has 0 aliphatic carbocycles. The lowest BCUT2D eigenvalue weighted by Crippen LogP contribution is -2.41. The van der Waals surface area contributed by atoms with Gasteiger partial charge in [0.2, 0.25) is 10.0 Å². The third-order valence-electron chi connectivity index (χ3n) is 1.09. The number of rotatable bonds is 4. The van der Waals surface area contributed by atoms with Gasteiger partial charge in [0.25, 0.3) is 0 Å². The molecule has 78 valence electrons. The quantitative estimate of drug-likeness (QED) is 0.543. The molecule has 0 bridgehead atoms. The molecule has 0 aromatic heterocycles. The Morgan fingerprint density at radius 2 is 2.08 bits per heavy atom. The standard InChI is InChI=1S/C6H15N3O2S2/c1-5(2)9-6(12)8-3-4-13(7,10)11/h5H,3-4H2,1-2H3,(H2,7,10,11)(H2,8,9,12). The van der Waals surface area contributed by atoms with Crippen LogP contribution >= 0.6 is 12.2 Å². The molecule has 4 N–H and O–H groups in total. The Morgan fingerprint density at radius 3 is 2.46 bits per heavy atom. The fraction of sp³-hybridized carbons (Fsp3) is 0.833. The average Bonchev–Trinajstić information content (AvgIpc) is 1.81. The number of hydrogen-bond donors (Lipinski definition) is 3. The van der Waals surface area contributed by atoms with Crippen molar-refractivity contribution in [3.05, 3.63) is 0 Å². The van der Waals surface area contributed by atoms with Gasteiger partial charge in [-0.3, -0.25) is 0 Å². The Hall–Kier alpha value is -0.400. The Balaban J connectivity index is 3.61. The second-order valence-corrected chi connectivity index (χ2v) is 5.06. The predicted molar refractivity (Wildman–Crippen MR) is 56.8 cm³/mol. The van der Waals surface area contributed by atoms with E-state index in [1.54, 1.807) is 0 Å². The van der Waals surface area contributed by atoms with Crippen LogP contribution in [0, 0.1) is 0 Å². The van der Waals surface area contributed by atoms with E-state index in [1.165, 1.54) is 0 Å². The minimum absolute atomic E-state index is 0.118. The van der Waals surface area contributed by atoms with Gasteiger partial charge in [0.15, 0.2) is 5.11 Å². The largest absolute Gasteiger partial charge is 0.362 e. The van der Waals surface area contributed by atoms with Crippen LogP contribution in [-0.4, -0.2) is 31.9 Å². The van der Waals surface area contributed by atoms with Crippen molar-refractivity contribution in [3.63, 3.8) is 0 Å². The highest BCUT2D eigenvalue weighted by Gasteiger charge is 2.02. The normalized spacial score (nSPS) is 11.4. The molecule has 0 fully saturated rings. The summed E-state index contributed by atoms with van der Waals surface area (Å²) in [7, 11) is -3.40. The minimum atomic E-state index is -3.40. The van der Waals surface area contributed by atoms with Gasteiger partial charge in [-0.2, -0.15) is 0 Å². The lowest BCUT2D eigenvalue weighted by Gasteiger charge is -2.12. The van der Waals surface area contributed by atoms with E-state index in [4.69, 9.17) is 17.4 Å². The van der Waals surface area contributed by atoms with Crippen molar-refractivity contribution in [2.75, 3.05) is 12.3 Å². The third kappa shape index (κ3) is 9.51. The molecule has 0 atom stereocenters. The van der Waals surface area contributed by atoms with Crippen LogP contribution in [0.15, 0.2) is 0 Å². The number of primary sulfonamides is 1. The molecule has 0 aliphatic rings. The third-order valence-corrected chi connectivity index (χ3v) is 2.13. The van der Waals surface area contributed by atoms with Gasteiger partial charge in [-0.1, -0.05) is 0 Å². The zero-order valence-corrected chi connectivity index (χ0v) is 9.33. The van der Waals surface area contributed by atoms with Gasteiger partial charge >= 0.3 is 0 Å². The van der Waals surface area contributed by atoms with Gasteiger partial charge in [-0.25, -0.2) is 13.6 Å². The van der Waals surface area contributed by atoms with E-state index in [2.05, 4.69) is 10.6 Å². The van der Waals surface area contributed by atoms with Crippen LogP contribution in [-0.2, 0) is 10.0 Å². The first-order valence-electron chi connectivity index (χ1n) is 3.86. The first kappa shape index (κ1) is 12.6. The Kier molecular flexibility index (Phi) is 5.19. The summed E-state index contributed by atoms with van der Waals surface area (Å²) in [4.78, 5) is 0. The van der Waals surface area contributed by atoms with Crippen LogP contribution in [0.3, 0.4) is 0 Å². The Bertz CT molecular complexity index is 261. The summed E-state index contributed by atoms with van der Waals surface area (Å²) in [6.45, 7) is 4.11. The highest BCUT2D eigenvalue weighted by atomic mass is 32.2. The first-order chi connectivity index (χ1) is 5.81. The van der Waals surface area contributed by atoms with Gasteiger partial charge < -0.3 is 10.6 Å². The molecule has 5 nitrogen and oxygen atoms in total. The fourth-order valence-corrected chi connectivity index (χ4v) is 1.34. The molecule has 0 saturated carbocycles. The van der Waals surface area contributed by atoms with E-state index in [0.717, 1.165) is 0 Å². The van der Waals surface area contributed by atoms with E-state index in [9.17, 15) is 8.42 Å². The van der Waals surface area contributed by atoms with Crippen LogP contribution in [0.5, 0.6) is 0 Å². The van der Waals surface area contributed by atoms with Crippen molar-refractivity contribution in [1.29, 1.82) is 0 Å². The maximum absolute atomic E-state index is 10.5. The van der Waals surface area contributed by atoms with Crippen LogP contribution in [0.25, 0.3) is 0 Å². The molecule has 0 aromatic carbocycles. The maximum atomic E-state index is 10.5. The predicted octanol–water partition coefficient (Wildman–Crippen LogP) is -0.853. The van der Waals surface area contributed by atoms with Gasteiger partial charge in [-0.15, -0.1) is 0 Å². The summed E-state index contributed by atoms with van der Waals surface area (Å²) in [5.74, 6) is -0.118. The minimum Gasteiger partial charge on any atom is -0.362 e. The van der Waals surface area contributed by atoms with Crippen LogP contribution in [0.4, 0.5) is 0 Å². The summed E-state index contributed by atoms with van der Waals surface area (Å²) in [6.07, 6.45) is 0. The lowest BCUT2D eigenvalue weighted by molar-refractivity contribution is 0.596. The average molecular weight is 225 g/mol. The van der Waals surface area contributed by atoms with E-state index in [-0.39, 0.29) is 18.3 Å². The Labute approximate surface area is 84.1 Å². The molecule has 0 aromatic rings. The van der Waals surface area contributed by atoms with Gasteiger partial charge in [0.1, 0.15) is 0 Å². The molecule has 13 heavy (non-hydrogen) atoms. The van der Waals surface area contributed by atoms with Crippen molar-refractivity contribution < 1.29 is 8.42 Å². The monoisotopic (exact) mass is 225 g/mol. The van der Waals surface area contributed by atoms with E-state index in [1.807, 2.05) is 13.8 Å². The van der Waals surface area contributed by atoms with Gasteiger partial charge in [-0.05, 0) is 26.1 Å². The molecule has 0 rings (SSSR count). The summed E-state index contributed by atoms with van der Waals surface area (Å²) in [5, 5.41) is 10.9. The zero-order chi connectivity index (χ0) is 10.5. The molecular weight excluding hydrogens is 210 g/mol. The summed E-state index contributed by atoms with van der Waals surface area (Å²) in [6, 6.07) is 0.231. The van der Waals surface area contributed by atoms with E-state index >= 15 is 0 Å². The summed E-state index contributed by atoms with van der Waals surface area (Å²) >= 11 is 4.86. The number of thiocarbonyl (C=S) groups is 1. The van der Waals surface area contributed by atoms with Crippen molar-refractivity contribution in [2.45, 2.75) is 19.9 Å². The highest BCUT2D eigenvalue weighted by molar-refractivity contribution is 7.89. The molecule has 0 radical (unpaired) electrons. The second kappa shape index (κ2) is 5.36. The molecule has 7 heteroatoms. The summed E-state index contributed by atoms with van der Waals surface area (Å²) < 4.78 is 21.0. The molecule has 0 aliphatic heterocycles. The topological polar surface area (TPSA) is 84.2 Å². The fourth-order valence-electron chi connectivity index (χ4n) is 0.620. The zero-order valence-electron chi connectivity index (χ0n) is 7.70. The van der Waals surface area contributed by atoms with Crippen LogP contribution in [0.2, 0.25) is 0 Å². The molecule has 0 amide bonds. The first-order valence-corrected chi connectivity index (χ1v) is 5.98. The smallest absolute Gasteiger partial charge is 0.210 e. The maximum Gasteiger partial charge on any atom is 0.210 e. The van der Waals surface area contributed by atoms with E-state index in [0.29, 0.717) is 5.11 Å². The van der Waals surface area contributed by atoms with Crippen molar-refractivity contribution >= 4 is 27.4 Å². The number of nitrogens with one attached hydrogen (secondary N) is 2. The Morgan fingerprint density at radius 1 is 1.54 bits per heavy atom. The van der Waals surface area contributed by atoms with Crippen LogP contribution in [0.1, 0.15) is 13.8 Å². The number of hydrogen-bond acceptors (Lipinski definition) is 3. The van der Waals surface area contributed by atoms with E-state index < -0.39 is 10.0 Å².